The SMILES string of the molecule is CCCCCCCCCCCCCCCc1cc(OC(CCOC(=O)NCCCCCNC(=O)OC(C)(C)C)Oc2cc(C)on2)no1. The number of aromatic nitrogens is 2. The minimum atomic E-state index is -0.825. The minimum Gasteiger partial charge on any atom is -0.449 e. The normalized spacial score (nSPS) is 12.0. The molecule has 1 atom stereocenters. The molecule has 0 saturated carbocycles. The molecule has 2 rings (SSSR count). The van der Waals surface area contributed by atoms with Crippen LogP contribution in [0.5, 0.6) is 11.8 Å². The molecule has 2 amide bonds. The maximum Gasteiger partial charge on any atom is 0.407 e. The number of carbonyl (C=O) groups is 2. The third-order valence-electron chi connectivity index (χ3n) is 7.55. The number of rotatable bonds is 27. The summed E-state index contributed by atoms with van der Waals surface area (Å²) in [6.45, 7) is 10.5. The molecule has 2 aromatic heterocycles. The van der Waals surface area contributed by atoms with Gasteiger partial charge in [0.1, 0.15) is 23.7 Å². The largest absolute Gasteiger partial charge is 0.449 e. The van der Waals surface area contributed by atoms with Crippen LogP contribution in [-0.4, -0.2) is 54.1 Å². The van der Waals surface area contributed by atoms with Crippen molar-refractivity contribution in [3.8, 4) is 11.8 Å². The van der Waals surface area contributed by atoms with Gasteiger partial charge in [0, 0.05) is 31.6 Å². The maximum atomic E-state index is 12.2. The van der Waals surface area contributed by atoms with Crippen LogP contribution in [0.4, 0.5) is 9.59 Å². The van der Waals surface area contributed by atoms with Gasteiger partial charge in [0.2, 0.25) is 6.29 Å². The predicted octanol–water partition coefficient (Wildman–Crippen LogP) is 9.20. The topological polar surface area (TPSA) is 147 Å². The van der Waals surface area contributed by atoms with Crippen molar-refractivity contribution >= 4 is 12.2 Å². The highest BCUT2D eigenvalue weighted by Gasteiger charge is 2.19. The number of amides is 2. The van der Waals surface area contributed by atoms with Crippen LogP contribution in [0.15, 0.2) is 21.2 Å². The zero-order valence-electron chi connectivity index (χ0n) is 30.2. The number of nitrogens with one attached hydrogen (secondary N) is 2. The van der Waals surface area contributed by atoms with Gasteiger partial charge in [-0.25, -0.2) is 9.59 Å². The van der Waals surface area contributed by atoms with E-state index < -0.39 is 24.1 Å². The number of unbranched alkanes of at least 4 members (excludes halogenated alkanes) is 14. The molecule has 1 unspecified atom stereocenters. The van der Waals surface area contributed by atoms with Crippen molar-refractivity contribution < 1.29 is 37.6 Å². The Bertz CT molecular complexity index is 1110. The van der Waals surface area contributed by atoms with E-state index in [-0.39, 0.29) is 18.9 Å². The molecule has 12 nitrogen and oxygen atoms in total. The molecule has 2 aromatic rings. The lowest BCUT2D eigenvalue weighted by atomic mass is 10.0. The number of carbonyl (C=O) groups excluding carboxylic acids is 2. The van der Waals surface area contributed by atoms with Crippen LogP contribution in [0.2, 0.25) is 0 Å². The first-order valence-corrected chi connectivity index (χ1v) is 18.2. The van der Waals surface area contributed by atoms with E-state index in [1.807, 2.05) is 20.8 Å². The van der Waals surface area contributed by atoms with E-state index in [1.165, 1.54) is 70.6 Å². The Labute approximate surface area is 287 Å². The summed E-state index contributed by atoms with van der Waals surface area (Å²) in [4.78, 5) is 23.9. The van der Waals surface area contributed by atoms with Crippen molar-refractivity contribution in [1.29, 1.82) is 0 Å². The molecule has 0 aliphatic heterocycles. The fourth-order valence-corrected chi connectivity index (χ4v) is 5.02. The average Bonchev–Trinajstić information content (AvgIpc) is 3.65. The highest BCUT2D eigenvalue weighted by atomic mass is 16.7. The monoisotopic (exact) mass is 678 g/mol. The van der Waals surface area contributed by atoms with E-state index in [0.29, 0.717) is 24.7 Å². The molecular formula is C36H62N4O8. The summed E-state index contributed by atoms with van der Waals surface area (Å²) in [6.07, 6.45) is 18.6. The van der Waals surface area contributed by atoms with Crippen LogP contribution in [0.3, 0.4) is 0 Å². The van der Waals surface area contributed by atoms with Crippen LogP contribution in [-0.2, 0) is 15.9 Å². The number of nitrogens with zero attached hydrogens (tertiary/aromatic N) is 2. The molecule has 0 bridgehead atoms. The molecule has 0 spiro atoms. The summed E-state index contributed by atoms with van der Waals surface area (Å²) in [7, 11) is 0. The molecule has 0 radical (unpaired) electrons. The number of hydrogen-bond acceptors (Lipinski definition) is 10. The van der Waals surface area contributed by atoms with Gasteiger partial charge in [0.25, 0.3) is 11.8 Å². The summed E-state index contributed by atoms with van der Waals surface area (Å²) in [5.41, 5.74) is -0.521. The van der Waals surface area contributed by atoms with Crippen LogP contribution in [0.1, 0.15) is 148 Å². The molecule has 48 heavy (non-hydrogen) atoms. The number of hydrogen-bond donors (Lipinski definition) is 2. The van der Waals surface area contributed by atoms with Gasteiger partial charge in [-0.15, -0.1) is 0 Å². The molecule has 274 valence electrons. The second kappa shape index (κ2) is 24.7. The predicted molar refractivity (Wildman–Crippen MR) is 184 cm³/mol. The Kier molecular flexibility index (Phi) is 20.9. The smallest absolute Gasteiger partial charge is 0.407 e. The van der Waals surface area contributed by atoms with Gasteiger partial charge in [-0.3, -0.25) is 0 Å². The van der Waals surface area contributed by atoms with Crippen molar-refractivity contribution in [2.45, 2.75) is 162 Å². The second-order valence-corrected chi connectivity index (χ2v) is 13.4. The van der Waals surface area contributed by atoms with Crippen molar-refractivity contribution in [1.82, 2.24) is 20.9 Å². The van der Waals surface area contributed by atoms with Gasteiger partial charge < -0.3 is 38.6 Å². The van der Waals surface area contributed by atoms with E-state index in [2.05, 4.69) is 27.9 Å². The lowest BCUT2D eigenvalue weighted by Crippen LogP contribution is -2.33. The van der Waals surface area contributed by atoms with Gasteiger partial charge in [-0.05, 0) is 63.7 Å². The van der Waals surface area contributed by atoms with Crippen molar-refractivity contribution in [3.05, 3.63) is 23.7 Å². The van der Waals surface area contributed by atoms with Gasteiger partial charge in [-0.2, -0.15) is 0 Å². The summed E-state index contributed by atoms with van der Waals surface area (Å²) in [5.74, 6) is 1.93. The van der Waals surface area contributed by atoms with Gasteiger partial charge >= 0.3 is 12.2 Å². The molecular weight excluding hydrogens is 616 g/mol. The van der Waals surface area contributed by atoms with Gasteiger partial charge in [-0.1, -0.05) is 84.0 Å². The zero-order chi connectivity index (χ0) is 34.9. The van der Waals surface area contributed by atoms with Crippen LogP contribution < -0.4 is 20.1 Å². The highest BCUT2D eigenvalue weighted by Crippen LogP contribution is 2.20. The zero-order valence-corrected chi connectivity index (χ0v) is 30.2. The lowest BCUT2D eigenvalue weighted by molar-refractivity contribution is -0.0231. The Morgan fingerprint density at radius 1 is 0.729 bits per heavy atom. The lowest BCUT2D eigenvalue weighted by Gasteiger charge is -2.19. The summed E-state index contributed by atoms with van der Waals surface area (Å²) in [5, 5.41) is 13.4. The summed E-state index contributed by atoms with van der Waals surface area (Å²) in [6, 6.07) is 3.43. The van der Waals surface area contributed by atoms with Crippen molar-refractivity contribution in [2.75, 3.05) is 19.7 Å². The van der Waals surface area contributed by atoms with Crippen molar-refractivity contribution in [3.63, 3.8) is 0 Å². The first-order chi connectivity index (χ1) is 23.1. The Morgan fingerprint density at radius 3 is 1.81 bits per heavy atom. The summed E-state index contributed by atoms with van der Waals surface area (Å²) >= 11 is 0. The third-order valence-corrected chi connectivity index (χ3v) is 7.55. The van der Waals surface area contributed by atoms with E-state index in [9.17, 15) is 9.59 Å². The minimum absolute atomic E-state index is 0.0524. The van der Waals surface area contributed by atoms with Crippen LogP contribution in [0.25, 0.3) is 0 Å². The molecule has 2 N–H and O–H groups in total. The number of ether oxygens (including phenoxy) is 4. The molecule has 0 aliphatic carbocycles. The fraction of sp³-hybridized carbons (Fsp3) is 0.778. The molecule has 0 saturated heterocycles. The van der Waals surface area contributed by atoms with Gasteiger partial charge in [0.05, 0.1) is 6.42 Å². The molecule has 12 heteroatoms. The number of aryl methyl sites for hydroxylation is 2. The molecule has 2 heterocycles. The maximum absolute atomic E-state index is 12.2. The molecule has 0 aromatic carbocycles. The standard InChI is InChI=1S/C36H62N4O8/c1-6-7-8-9-10-11-12-13-14-15-16-17-19-22-30-28-32(40-48-30)45-33(44-31-27-29(2)47-39-31)23-26-43-34(41)37-24-20-18-21-25-38-35(42)46-36(3,4)5/h27-28,33H,6-26H2,1-5H3,(H,37,41)(H,38,42). The first kappa shape index (κ1) is 40.7. The fourth-order valence-electron chi connectivity index (χ4n) is 5.02. The number of alkyl carbamates (subject to hydrolysis) is 2. The highest BCUT2D eigenvalue weighted by molar-refractivity contribution is 5.67. The van der Waals surface area contributed by atoms with E-state index in [4.69, 9.17) is 28.0 Å². The second-order valence-electron chi connectivity index (χ2n) is 13.4. The first-order valence-electron chi connectivity index (χ1n) is 18.2. The Hall–Kier alpha value is -3.44. The third kappa shape index (κ3) is 21.4. The Morgan fingerprint density at radius 2 is 1.25 bits per heavy atom. The van der Waals surface area contributed by atoms with Crippen LogP contribution in [0, 0.1) is 6.92 Å². The van der Waals surface area contributed by atoms with E-state index >= 15 is 0 Å². The van der Waals surface area contributed by atoms with Crippen molar-refractivity contribution in [2.24, 2.45) is 0 Å². The Balaban J connectivity index is 1.60. The van der Waals surface area contributed by atoms with E-state index in [1.54, 1.807) is 19.1 Å². The average molecular weight is 679 g/mol. The summed E-state index contributed by atoms with van der Waals surface area (Å²) < 4.78 is 32.9. The quantitative estimate of drug-likeness (QED) is 0.0692. The van der Waals surface area contributed by atoms with E-state index in [0.717, 1.165) is 44.3 Å². The van der Waals surface area contributed by atoms with Gasteiger partial charge in [0.15, 0.2) is 0 Å². The molecule has 0 aliphatic rings. The van der Waals surface area contributed by atoms with Crippen LogP contribution >= 0.6 is 0 Å². The molecule has 0 fully saturated rings.